The third kappa shape index (κ3) is 9.65. The molecule has 0 bridgehead atoms. The quantitative estimate of drug-likeness (QED) is 0.0867. The second-order valence-corrected chi connectivity index (χ2v) is 12.8. The molecule has 10 N–H and O–H groups in total. The molecule has 2 unspecified atom stereocenters. The second-order valence-electron chi connectivity index (χ2n) is 10.6. The van der Waals surface area contributed by atoms with Gasteiger partial charge in [0.15, 0.2) is 0 Å². The number of H-pyrrole nitrogens is 1. The predicted octanol–water partition coefficient (Wildman–Crippen LogP) is 0.116. The van der Waals surface area contributed by atoms with Crippen LogP contribution in [0.15, 0.2) is 96.3 Å². The normalized spacial score (nSPS) is 14.0. The van der Waals surface area contributed by atoms with E-state index in [1.165, 1.54) is 36.7 Å². The number of quaternary nitrogens is 1. The minimum absolute atomic E-state index is 0.0173. The maximum atomic E-state index is 13.8. The van der Waals surface area contributed by atoms with E-state index in [0.717, 1.165) is 5.56 Å². The number of benzene rings is 3. The molecular weight excluding hydrogens is 631 g/mol. The number of rotatable bonds is 14. The number of phenols is 1. The standard InChI is InChI=1S/C31H35N7O6S2/c32-27(21-7-4-8-24(14-21)46(33,43)44)28(45)31(42)38-25(13-19-9-11-23(39)12-10-19)30(41)37-26(15-22-17-34-18-36-22)29(40)35-16-20-5-2-1-3-6-20/h1-12,14,17-18,25-28,39,45H,13,15-16,32H2,(H,34,36)(H,35,40)(H,37,41)(H,38,42)(H2,33,43,44)/p+1/t25?,26?,27-,28+/m0/s1. The first-order valence-electron chi connectivity index (χ1n) is 14.2. The molecule has 3 aromatic carbocycles. The maximum Gasteiger partial charge on any atom is 0.243 e. The van der Waals surface area contributed by atoms with Crippen LogP contribution in [0, 0.1) is 0 Å². The Morgan fingerprint density at radius 1 is 0.891 bits per heavy atom. The molecule has 1 heterocycles. The zero-order valence-electron chi connectivity index (χ0n) is 24.7. The molecule has 0 radical (unpaired) electrons. The Morgan fingerprint density at radius 3 is 2.22 bits per heavy atom. The molecule has 1 aromatic heterocycles. The summed E-state index contributed by atoms with van der Waals surface area (Å²) in [7, 11) is -3.99. The van der Waals surface area contributed by atoms with Crippen LogP contribution in [0.4, 0.5) is 0 Å². The molecule has 0 saturated heterocycles. The number of amides is 3. The molecule has 0 saturated carbocycles. The van der Waals surface area contributed by atoms with E-state index in [1.54, 1.807) is 24.4 Å². The van der Waals surface area contributed by atoms with Crippen LogP contribution in [0.1, 0.15) is 28.4 Å². The maximum absolute atomic E-state index is 13.8. The van der Waals surface area contributed by atoms with Crippen molar-refractivity contribution in [1.29, 1.82) is 0 Å². The van der Waals surface area contributed by atoms with Gasteiger partial charge in [-0.05, 0) is 35.4 Å². The van der Waals surface area contributed by atoms with Gasteiger partial charge in [-0.1, -0.05) is 54.6 Å². The van der Waals surface area contributed by atoms with Crippen molar-refractivity contribution in [2.75, 3.05) is 0 Å². The van der Waals surface area contributed by atoms with Crippen molar-refractivity contribution < 1.29 is 33.6 Å². The van der Waals surface area contributed by atoms with Gasteiger partial charge >= 0.3 is 0 Å². The lowest BCUT2D eigenvalue weighted by Gasteiger charge is -2.25. The average Bonchev–Trinajstić information content (AvgIpc) is 3.56. The predicted molar refractivity (Wildman–Crippen MR) is 172 cm³/mol. The number of aromatic amines is 1. The molecule has 242 valence electrons. The van der Waals surface area contributed by atoms with Crippen molar-refractivity contribution in [2.45, 2.75) is 47.7 Å². The number of imidazole rings is 1. The number of sulfonamides is 1. The minimum atomic E-state index is -3.99. The van der Waals surface area contributed by atoms with Crippen LogP contribution in [-0.4, -0.2) is 58.5 Å². The molecule has 0 spiro atoms. The number of phenolic OH excluding ortho intramolecular Hbond substituents is 1. The van der Waals surface area contributed by atoms with Crippen molar-refractivity contribution >= 4 is 40.4 Å². The van der Waals surface area contributed by atoms with E-state index in [4.69, 9.17) is 5.14 Å². The third-order valence-electron chi connectivity index (χ3n) is 7.20. The number of hydrogen-bond acceptors (Lipinski definition) is 8. The van der Waals surface area contributed by atoms with E-state index in [2.05, 4.69) is 44.3 Å². The molecule has 4 rings (SSSR count). The Morgan fingerprint density at radius 2 is 1.57 bits per heavy atom. The van der Waals surface area contributed by atoms with Crippen LogP contribution in [0.3, 0.4) is 0 Å². The highest BCUT2D eigenvalue weighted by molar-refractivity contribution is 7.89. The summed E-state index contributed by atoms with van der Waals surface area (Å²) < 4.78 is 23.7. The van der Waals surface area contributed by atoms with Crippen molar-refractivity contribution in [3.05, 3.63) is 114 Å². The number of aromatic hydroxyl groups is 1. The molecule has 15 heteroatoms. The van der Waals surface area contributed by atoms with Crippen molar-refractivity contribution in [3.63, 3.8) is 0 Å². The lowest BCUT2D eigenvalue weighted by Crippen LogP contribution is -2.62. The first kappa shape index (κ1) is 34.2. The van der Waals surface area contributed by atoms with Crippen LogP contribution in [-0.2, 0) is 43.8 Å². The van der Waals surface area contributed by atoms with Crippen LogP contribution in [0.2, 0.25) is 0 Å². The van der Waals surface area contributed by atoms with Crippen LogP contribution in [0.25, 0.3) is 0 Å². The highest BCUT2D eigenvalue weighted by Crippen LogP contribution is 2.20. The van der Waals surface area contributed by atoms with Gasteiger partial charge in [-0.3, -0.25) is 14.4 Å². The zero-order chi connectivity index (χ0) is 33.3. The Hall–Kier alpha value is -4.70. The van der Waals surface area contributed by atoms with E-state index in [1.807, 2.05) is 30.3 Å². The largest absolute Gasteiger partial charge is 0.508 e. The van der Waals surface area contributed by atoms with Gasteiger partial charge in [-0.25, -0.2) is 18.5 Å². The lowest BCUT2D eigenvalue weighted by molar-refractivity contribution is -0.423. The van der Waals surface area contributed by atoms with Crippen molar-refractivity contribution in [3.8, 4) is 5.75 Å². The highest BCUT2D eigenvalue weighted by Gasteiger charge is 2.32. The van der Waals surface area contributed by atoms with Crippen LogP contribution < -0.4 is 26.8 Å². The fourth-order valence-electron chi connectivity index (χ4n) is 4.63. The first-order valence-corrected chi connectivity index (χ1v) is 16.3. The van der Waals surface area contributed by atoms with E-state index in [0.29, 0.717) is 16.8 Å². The number of carbonyl (C=O) groups excluding carboxylic acids is 3. The first-order chi connectivity index (χ1) is 21.9. The molecule has 0 aliphatic rings. The molecule has 4 aromatic rings. The summed E-state index contributed by atoms with van der Waals surface area (Å²) in [5.41, 5.74) is 6.50. The SMILES string of the molecule is NS(=O)(=O)c1cccc([C@H]([NH3+])[C@@H](S)C(=O)NC(Cc2ccc(O)cc2)C(=O)NC(Cc2cnc[nH]2)C(=O)NCc2ccccc2)c1. The average molecular weight is 667 g/mol. The highest BCUT2D eigenvalue weighted by atomic mass is 32.2. The second kappa shape index (κ2) is 15.5. The van der Waals surface area contributed by atoms with Gasteiger partial charge in [0.1, 0.15) is 29.1 Å². The smallest absolute Gasteiger partial charge is 0.243 e. The molecule has 0 aliphatic carbocycles. The van der Waals surface area contributed by atoms with Gasteiger partial charge in [-0.15, -0.1) is 0 Å². The summed E-state index contributed by atoms with van der Waals surface area (Å²) in [5, 5.41) is 22.2. The number of aromatic nitrogens is 2. The zero-order valence-corrected chi connectivity index (χ0v) is 26.4. The van der Waals surface area contributed by atoms with Gasteiger partial charge in [-0.2, -0.15) is 12.6 Å². The summed E-state index contributed by atoms with van der Waals surface area (Å²) in [5.74, 6) is -1.71. The Bertz CT molecular complexity index is 1740. The molecule has 4 atom stereocenters. The third-order valence-corrected chi connectivity index (χ3v) is 8.70. The number of thiol groups is 1. The van der Waals surface area contributed by atoms with Crippen molar-refractivity contribution in [2.24, 2.45) is 5.14 Å². The van der Waals surface area contributed by atoms with Gasteiger partial charge in [0, 0.05) is 36.8 Å². The van der Waals surface area contributed by atoms with Gasteiger partial charge in [0.2, 0.25) is 27.7 Å². The Kier molecular flexibility index (Phi) is 11.5. The number of nitrogens with two attached hydrogens (primary N) is 1. The fraction of sp³-hybridized carbons (Fsp3) is 0.226. The van der Waals surface area contributed by atoms with E-state index in [-0.39, 0.29) is 30.0 Å². The molecule has 0 fully saturated rings. The molecular formula is C31H36N7O6S2+. The van der Waals surface area contributed by atoms with Gasteiger partial charge in [0.05, 0.1) is 11.2 Å². The summed E-state index contributed by atoms with van der Waals surface area (Å²) in [6.07, 6.45) is 3.13. The number of hydrogen-bond donors (Lipinski definition) is 8. The molecule has 13 nitrogen and oxygen atoms in total. The minimum Gasteiger partial charge on any atom is -0.508 e. The summed E-state index contributed by atoms with van der Waals surface area (Å²) >= 11 is 4.45. The monoisotopic (exact) mass is 666 g/mol. The molecule has 3 amide bonds. The topological polar surface area (TPSA) is 224 Å². The van der Waals surface area contributed by atoms with Gasteiger partial charge in [0.25, 0.3) is 0 Å². The molecule has 46 heavy (non-hydrogen) atoms. The summed E-state index contributed by atoms with van der Waals surface area (Å²) in [4.78, 5) is 47.3. The van der Waals surface area contributed by atoms with Crippen LogP contribution >= 0.6 is 12.6 Å². The van der Waals surface area contributed by atoms with Gasteiger partial charge < -0.3 is 31.8 Å². The lowest BCUT2D eigenvalue weighted by atomic mass is 10.0. The van der Waals surface area contributed by atoms with Crippen molar-refractivity contribution in [1.82, 2.24) is 25.9 Å². The Balaban J connectivity index is 1.54. The number of carbonyl (C=O) groups is 3. The summed E-state index contributed by atoms with van der Waals surface area (Å²) in [6.45, 7) is 0.238. The van der Waals surface area contributed by atoms with Crippen LogP contribution in [0.5, 0.6) is 5.75 Å². The fourth-order valence-corrected chi connectivity index (χ4v) is 5.44. The van der Waals surface area contributed by atoms with E-state index >= 15 is 0 Å². The van der Waals surface area contributed by atoms with E-state index < -0.39 is 51.1 Å². The number of nitrogens with one attached hydrogen (secondary N) is 4. The van der Waals surface area contributed by atoms with E-state index in [9.17, 15) is 27.9 Å². The number of primary sulfonamides is 1. The summed E-state index contributed by atoms with van der Waals surface area (Å²) in [6, 6.07) is 18.1. The number of nitrogens with zero attached hydrogens (tertiary/aromatic N) is 1. The molecule has 0 aliphatic heterocycles. The Labute approximate surface area is 271 Å².